The van der Waals surface area contributed by atoms with Crippen molar-refractivity contribution in [2.75, 3.05) is 6.61 Å². The Morgan fingerprint density at radius 2 is 1.92 bits per heavy atom. The van der Waals surface area contributed by atoms with Gasteiger partial charge in [-0.25, -0.2) is 4.79 Å². The second kappa shape index (κ2) is 4.99. The maximum atomic E-state index is 10.3. The van der Waals surface area contributed by atoms with E-state index in [0.717, 1.165) is 7.14 Å². The fraction of sp³-hybridized carbons (Fsp3) is 0.125. The Morgan fingerprint density at radius 3 is 2.38 bits per heavy atom. The van der Waals surface area contributed by atoms with E-state index in [2.05, 4.69) is 45.2 Å². The Bertz CT molecular complexity index is 305. The number of carboxylic acid groups (broad SMARTS) is 1. The normalized spacial score (nSPS) is 9.69. The molecule has 0 atom stereocenters. The van der Waals surface area contributed by atoms with Gasteiger partial charge in [-0.2, -0.15) is 0 Å². The average Bonchev–Trinajstić information content (AvgIpc) is 2.03. The quantitative estimate of drug-likeness (QED) is 0.788. The Labute approximate surface area is 103 Å². The first-order valence-corrected chi connectivity index (χ1v) is 5.55. The molecule has 0 bridgehead atoms. The summed E-state index contributed by atoms with van der Waals surface area (Å²) in [7, 11) is 0. The predicted octanol–water partition coefficient (Wildman–Crippen LogP) is 2.36. The highest BCUT2D eigenvalue weighted by Crippen LogP contribution is 2.26. The van der Waals surface area contributed by atoms with Gasteiger partial charge in [0.25, 0.3) is 0 Å². The van der Waals surface area contributed by atoms with Crippen LogP contribution in [0.1, 0.15) is 0 Å². The van der Waals surface area contributed by atoms with Crippen molar-refractivity contribution >= 4 is 51.2 Å². The SMILES string of the molecule is O=C(O)COc1c(I)cccc1I. The molecule has 0 aliphatic carbocycles. The van der Waals surface area contributed by atoms with Gasteiger partial charge in [0, 0.05) is 0 Å². The van der Waals surface area contributed by atoms with Gasteiger partial charge < -0.3 is 9.84 Å². The number of para-hydroxylation sites is 1. The number of rotatable bonds is 3. The van der Waals surface area contributed by atoms with E-state index >= 15 is 0 Å². The molecule has 3 nitrogen and oxygen atoms in total. The summed E-state index contributed by atoms with van der Waals surface area (Å²) < 4.78 is 6.96. The van der Waals surface area contributed by atoms with Crippen molar-refractivity contribution in [1.82, 2.24) is 0 Å². The molecule has 1 N–H and O–H groups in total. The Morgan fingerprint density at radius 1 is 1.38 bits per heavy atom. The average molecular weight is 404 g/mol. The van der Waals surface area contributed by atoms with Crippen molar-refractivity contribution in [3.63, 3.8) is 0 Å². The summed E-state index contributed by atoms with van der Waals surface area (Å²) in [6, 6.07) is 5.65. The predicted molar refractivity (Wildman–Crippen MR) is 65.0 cm³/mol. The van der Waals surface area contributed by atoms with E-state index in [4.69, 9.17) is 9.84 Å². The van der Waals surface area contributed by atoms with Gasteiger partial charge in [-0.05, 0) is 57.3 Å². The lowest BCUT2D eigenvalue weighted by Gasteiger charge is -2.07. The van der Waals surface area contributed by atoms with Crippen molar-refractivity contribution in [2.24, 2.45) is 0 Å². The molecule has 0 amide bonds. The number of benzene rings is 1. The zero-order chi connectivity index (χ0) is 9.84. The van der Waals surface area contributed by atoms with Crippen LogP contribution in [0.25, 0.3) is 0 Å². The Balaban J connectivity index is 2.81. The minimum Gasteiger partial charge on any atom is -0.480 e. The van der Waals surface area contributed by atoms with E-state index in [-0.39, 0.29) is 6.61 Å². The van der Waals surface area contributed by atoms with E-state index in [1.165, 1.54) is 0 Å². The molecule has 0 spiro atoms. The molecule has 0 radical (unpaired) electrons. The van der Waals surface area contributed by atoms with Crippen LogP contribution in [0.5, 0.6) is 5.75 Å². The topological polar surface area (TPSA) is 46.5 Å². The highest BCUT2D eigenvalue weighted by Gasteiger charge is 2.06. The summed E-state index contributed by atoms with van der Waals surface area (Å²) in [6.45, 7) is -0.296. The lowest BCUT2D eigenvalue weighted by molar-refractivity contribution is -0.139. The third kappa shape index (κ3) is 3.29. The van der Waals surface area contributed by atoms with Crippen LogP contribution in [0, 0.1) is 7.14 Å². The van der Waals surface area contributed by atoms with Crippen LogP contribution in [0.15, 0.2) is 18.2 Å². The van der Waals surface area contributed by atoms with Gasteiger partial charge in [-0.15, -0.1) is 0 Å². The molecular formula is C8H6I2O3. The summed E-state index contributed by atoms with van der Waals surface area (Å²) in [5.74, 6) is -0.318. The van der Waals surface area contributed by atoms with E-state index < -0.39 is 5.97 Å². The molecule has 0 unspecified atom stereocenters. The molecule has 5 heteroatoms. The summed E-state index contributed by atoms with van der Waals surface area (Å²) in [4.78, 5) is 10.3. The number of hydrogen-bond acceptors (Lipinski definition) is 2. The van der Waals surface area contributed by atoms with Crippen molar-refractivity contribution < 1.29 is 14.6 Å². The summed E-state index contributed by atoms with van der Waals surface area (Å²) in [6.07, 6.45) is 0. The molecule has 1 aromatic carbocycles. The summed E-state index contributed by atoms with van der Waals surface area (Å²) >= 11 is 4.22. The molecule has 0 aromatic heterocycles. The molecule has 0 aliphatic heterocycles. The van der Waals surface area contributed by atoms with Gasteiger partial charge in [0.05, 0.1) is 7.14 Å². The van der Waals surface area contributed by atoms with Gasteiger partial charge in [-0.3, -0.25) is 0 Å². The molecule has 0 saturated carbocycles. The molecule has 13 heavy (non-hydrogen) atoms. The van der Waals surface area contributed by atoms with Crippen LogP contribution in [0.3, 0.4) is 0 Å². The molecule has 0 heterocycles. The largest absolute Gasteiger partial charge is 0.480 e. The second-order valence-corrected chi connectivity index (χ2v) is 4.56. The first kappa shape index (κ1) is 11.0. The Hall–Kier alpha value is -0.0500. The monoisotopic (exact) mass is 404 g/mol. The van der Waals surface area contributed by atoms with Crippen LogP contribution in [-0.2, 0) is 4.79 Å². The first-order chi connectivity index (χ1) is 6.11. The van der Waals surface area contributed by atoms with Crippen LogP contribution < -0.4 is 4.74 Å². The van der Waals surface area contributed by atoms with Gasteiger partial charge >= 0.3 is 5.97 Å². The number of carboxylic acids is 1. The van der Waals surface area contributed by atoms with E-state index in [1.54, 1.807) is 0 Å². The maximum absolute atomic E-state index is 10.3. The minimum atomic E-state index is -0.963. The van der Waals surface area contributed by atoms with Crippen molar-refractivity contribution in [1.29, 1.82) is 0 Å². The highest BCUT2D eigenvalue weighted by atomic mass is 127. The van der Waals surface area contributed by atoms with Crippen LogP contribution >= 0.6 is 45.2 Å². The fourth-order valence-electron chi connectivity index (χ4n) is 0.754. The van der Waals surface area contributed by atoms with Gasteiger partial charge in [0.1, 0.15) is 5.75 Å². The summed E-state index contributed by atoms with van der Waals surface area (Å²) in [5.41, 5.74) is 0. The van der Waals surface area contributed by atoms with E-state index in [1.807, 2.05) is 18.2 Å². The molecule has 0 aliphatic rings. The van der Waals surface area contributed by atoms with Crippen LogP contribution in [0.4, 0.5) is 0 Å². The van der Waals surface area contributed by atoms with E-state index in [9.17, 15) is 4.79 Å². The van der Waals surface area contributed by atoms with Crippen molar-refractivity contribution in [2.45, 2.75) is 0 Å². The van der Waals surface area contributed by atoms with Crippen molar-refractivity contribution in [3.05, 3.63) is 25.3 Å². The number of hydrogen-bond donors (Lipinski definition) is 1. The fourth-order valence-corrected chi connectivity index (χ4v) is 2.58. The summed E-state index contributed by atoms with van der Waals surface area (Å²) in [5, 5.41) is 8.43. The standard InChI is InChI=1S/C8H6I2O3/c9-5-2-1-3-6(10)8(5)13-4-7(11)12/h1-3H,4H2,(H,11,12). The first-order valence-electron chi connectivity index (χ1n) is 3.40. The number of halogens is 2. The minimum absolute atomic E-state index is 0.296. The zero-order valence-electron chi connectivity index (χ0n) is 6.46. The number of carbonyl (C=O) groups is 1. The third-order valence-corrected chi connectivity index (χ3v) is 2.96. The smallest absolute Gasteiger partial charge is 0.341 e. The molecular weight excluding hydrogens is 398 g/mol. The van der Waals surface area contributed by atoms with Crippen molar-refractivity contribution in [3.8, 4) is 5.75 Å². The number of aliphatic carboxylic acids is 1. The molecule has 0 saturated heterocycles. The van der Waals surface area contributed by atoms with Crippen LogP contribution in [-0.4, -0.2) is 17.7 Å². The van der Waals surface area contributed by atoms with Crippen LogP contribution in [0.2, 0.25) is 0 Å². The number of ether oxygens (including phenoxy) is 1. The van der Waals surface area contributed by atoms with Gasteiger partial charge in [-0.1, -0.05) is 6.07 Å². The second-order valence-electron chi connectivity index (χ2n) is 2.23. The van der Waals surface area contributed by atoms with Gasteiger partial charge in [0.15, 0.2) is 6.61 Å². The van der Waals surface area contributed by atoms with E-state index in [0.29, 0.717) is 5.75 Å². The molecule has 0 fully saturated rings. The molecule has 1 aromatic rings. The van der Waals surface area contributed by atoms with Gasteiger partial charge in [0.2, 0.25) is 0 Å². The molecule has 70 valence electrons. The third-order valence-electron chi connectivity index (χ3n) is 1.26. The lowest BCUT2D eigenvalue weighted by Crippen LogP contribution is -2.10. The Kier molecular flexibility index (Phi) is 4.23. The maximum Gasteiger partial charge on any atom is 0.341 e. The lowest BCUT2D eigenvalue weighted by atomic mass is 10.3. The zero-order valence-corrected chi connectivity index (χ0v) is 10.8. The highest BCUT2D eigenvalue weighted by molar-refractivity contribution is 14.1. The molecule has 1 rings (SSSR count).